The van der Waals surface area contributed by atoms with Gasteiger partial charge in [0.15, 0.2) is 5.82 Å². The summed E-state index contributed by atoms with van der Waals surface area (Å²) in [4.78, 5) is 9.98. The Bertz CT molecular complexity index is 593. The molecule has 1 aliphatic rings. The van der Waals surface area contributed by atoms with Gasteiger partial charge in [0.05, 0.1) is 4.88 Å². The van der Waals surface area contributed by atoms with Crippen molar-refractivity contribution >= 4 is 50.5 Å². The van der Waals surface area contributed by atoms with Crippen LogP contribution < -0.4 is 0 Å². The number of aryl methyl sites for hydroxylation is 1. The molecule has 0 N–H and O–H groups in total. The summed E-state index contributed by atoms with van der Waals surface area (Å²) in [6.07, 6.45) is 4.33. The van der Waals surface area contributed by atoms with E-state index < -0.39 is 0 Å². The van der Waals surface area contributed by atoms with Gasteiger partial charge in [-0.15, -0.1) is 11.3 Å². The van der Waals surface area contributed by atoms with Gasteiger partial charge in [0.1, 0.15) is 9.49 Å². The molecular formula is C12H9BrCl2N2S. The lowest BCUT2D eigenvalue weighted by Gasteiger charge is -2.15. The highest BCUT2D eigenvalue weighted by Gasteiger charge is 2.18. The van der Waals surface area contributed by atoms with Crippen molar-refractivity contribution in [3.63, 3.8) is 0 Å². The topological polar surface area (TPSA) is 25.8 Å². The number of aromatic nitrogens is 2. The Morgan fingerprint density at radius 1 is 1.17 bits per heavy atom. The van der Waals surface area contributed by atoms with E-state index in [0.717, 1.165) is 33.4 Å². The molecule has 2 aromatic rings. The molecule has 0 unspecified atom stereocenters. The van der Waals surface area contributed by atoms with E-state index in [9.17, 15) is 0 Å². The van der Waals surface area contributed by atoms with Crippen LogP contribution in [0.3, 0.4) is 0 Å². The highest BCUT2D eigenvalue weighted by atomic mass is 79.9. The maximum atomic E-state index is 6.25. The van der Waals surface area contributed by atoms with Gasteiger partial charge >= 0.3 is 0 Å². The lowest BCUT2D eigenvalue weighted by atomic mass is 9.97. The molecule has 2 aromatic heterocycles. The summed E-state index contributed by atoms with van der Waals surface area (Å²) in [5.74, 6) is 0.679. The van der Waals surface area contributed by atoms with Gasteiger partial charge in [0.2, 0.25) is 0 Å². The molecule has 0 saturated carbocycles. The summed E-state index contributed by atoms with van der Waals surface area (Å²) in [5, 5.41) is 0.593. The van der Waals surface area contributed by atoms with E-state index >= 15 is 0 Å². The van der Waals surface area contributed by atoms with Gasteiger partial charge in [0, 0.05) is 15.7 Å². The second-order valence-corrected chi connectivity index (χ2v) is 7.07. The average Bonchev–Trinajstić information content (AvgIpc) is 2.70. The van der Waals surface area contributed by atoms with Crippen LogP contribution in [-0.2, 0) is 12.8 Å². The third-order valence-corrected chi connectivity index (χ3v) is 5.78. The average molecular weight is 364 g/mol. The van der Waals surface area contributed by atoms with Crippen LogP contribution in [-0.4, -0.2) is 9.97 Å². The quantitative estimate of drug-likeness (QED) is 0.654. The van der Waals surface area contributed by atoms with Crippen molar-refractivity contribution in [1.29, 1.82) is 0 Å². The Morgan fingerprint density at radius 3 is 2.67 bits per heavy atom. The Labute approximate surface area is 127 Å². The lowest BCUT2D eigenvalue weighted by Crippen LogP contribution is -2.08. The summed E-state index contributed by atoms with van der Waals surface area (Å²) in [7, 11) is 0. The fourth-order valence-electron chi connectivity index (χ4n) is 2.12. The van der Waals surface area contributed by atoms with E-state index in [2.05, 4.69) is 25.9 Å². The first kappa shape index (κ1) is 12.9. The molecule has 0 radical (unpaired) electrons. The van der Waals surface area contributed by atoms with Crippen LogP contribution in [0.2, 0.25) is 9.49 Å². The lowest BCUT2D eigenvalue weighted by molar-refractivity contribution is 0.664. The summed E-state index contributed by atoms with van der Waals surface area (Å²) < 4.78 is 1.59. The van der Waals surface area contributed by atoms with Crippen molar-refractivity contribution in [1.82, 2.24) is 9.97 Å². The van der Waals surface area contributed by atoms with Crippen molar-refractivity contribution in [2.45, 2.75) is 25.7 Å². The zero-order valence-electron chi connectivity index (χ0n) is 9.34. The van der Waals surface area contributed by atoms with Gasteiger partial charge < -0.3 is 0 Å². The smallest absolute Gasteiger partial charge is 0.171 e. The number of halogens is 3. The second kappa shape index (κ2) is 5.08. The first-order valence-corrected chi connectivity index (χ1v) is 8.02. The van der Waals surface area contributed by atoms with Crippen LogP contribution in [0.5, 0.6) is 0 Å². The van der Waals surface area contributed by atoms with E-state index in [0.29, 0.717) is 15.3 Å². The SMILES string of the molecule is Clc1nc(-c2cc(Br)c(Cl)s2)nc2c1CCCC2. The predicted octanol–water partition coefficient (Wildman–Crippen LogP) is 5.15. The molecular weight excluding hydrogens is 355 g/mol. The number of rotatable bonds is 1. The molecule has 0 saturated heterocycles. The van der Waals surface area contributed by atoms with Crippen molar-refractivity contribution < 1.29 is 0 Å². The van der Waals surface area contributed by atoms with Gasteiger partial charge in [-0.1, -0.05) is 23.2 Å². The molecule has 18 heavy (non-hydrogen) atoms. The van der Waals surface area contributed by atoms with Crippen LogP contribution in [0.1, 0.15) is 24.1 Å². The van der Waals surface area contributed by atoms with Crippen LogP contribution >= 0.6 is 50.5 Å². The van der Waals surface area contributed by atoms with E-state index in [-0.39, 0.29) is 0 Å². The van der Waals surface area contributed by atoms with E-state index in [1.165, 1.54) is 24.2 Å². The molecule has 0 amide bonds. The Hall–Kier alpha value is -0.160. The van der Waals surface area contributed by atoms with Crippen molar-refractivity contribution in [2.24, 2.45) is 0 Å². The number of nitrogens with zero attached hydrogens (tertiary/aromatic N) is 2. The standard InChI is InChI=1S/C12H9BrCl2N2S/c13-7-5-9(18-11(7)15)12-16-8-4-2-1-3-6(8)10(14)17-12/h5H,1-4H2. The maximum Gasteiger partial charge on any atom is 0.171 e. The van der Waals surface area contributed by atoms with E-state index in [1.807, 2.05) is 6.07 Å². The minimum Gasteiger partial charge on any atom is -0.232 e. The van der Waals surface area contributed by atoms with E-state index in [1.54, 1.807) is 0 Å². The molecule has 0 aliphatic heterocycles. The first-order chi connectivity index (χ1) is 8.65. The second-order valence-electron chi connectivity index (χ2n) is 4.20. The largest absolute Gasteiger partial charge is 0.232 e. The molecule has 0 aromatic carbocycles. The highest BCUT2D eigenvalue weighted by Crippen LogP contribution is 2.38. The molecule has 0 atom stereocenters. The van der Waals surface area contributed by atoms with Gasteiger partial charge in [-0.3, -0.25) is 0 Å². The number of fused-ring (bicyclic) bond motifs is 1. The minimum absolute atomic E-state index is 0.593. The number of hydrogen-bond donors (Lipinski definition) is 0. The third kappa shape index (κ3) is 2.31. The van der Waals surface area contributed by atoms with Crippen LogP contribution in [0.25, 0.3) is 10.7 Å². The first-order valence-electron chi connectivity index (χ1n) is 5.65. The van der Waals surface area contributed by atoms with E-state index in [4.69, 9.17) is 23.2 Å². The fourth-order valence-corrected chi connectivity index (χ4v) is 4.03. The van der Waals surface area contributed by atoms with Crippen LogP contribution in [0.4, 0.5) is 0 Å². The maximum absolute atomic E-state index is 6.25. The normalized spacial score (nSPS) is 14.6. The molecule has 6 heteroatoms. The van der Waals surface area contributed by atoms with Crippen LogP contribution in [0, 0.1) is 0 Å². The van der Waals surface area contributed by atoms with Gasteiger partial charge in [-0.2, -0.15) is 0 Å². The number of thiophene rings is 1. The molecule has 3 rings (SSSR count). The minimum atomic E-state index is 0.593. The van der Waals surface area contributed by atoms with Crippen molar-refractivity contribution in [2.75, 3.05) is 0 Å². The fraction of sp³-hybridized carbons (Fsp3) is 0.333. The third-order valence-electron chi connectivity index (χ3n) is 3.00. The summed E-state index contributed by atoms with van der Waals surface area (Å²) in [6.45, 7) is 0. The van der Waals surface area contributed by atoms with Gasteiger partial charge in [-0.05, 0) is 47.7 Å². The molecule has 2 nitrogen and oxygen atoms in total. The van der Waals surface area contributed by atoms with Crippen molar-refractivity contribution in [3.8, 4) is 10.7 Å². The molecule has 0 fully saturated rings. The van der Waals surface area contributed by atoms with Gasteiger partial charge in [-0.25, -0.2) is 9.97 Å². The Kier molecular flexibility index (Phi) is 3.63. The molecule has 94 valence electrons. The zero-order valence-corrected chi connectivity index (χ0v) is 13.3. The molecule has 2 heterocycles. The summed E-state index contributed by atoms with van der Waals surface area (Å²) >= 11 is 17.2. The monoisotopic (exact) mass is 362 g/mol. The van der Waals surface area contributed by atoms with Crippen molar-refractivity contribution in [3.05, 3.63) is 31.3 Å². The Morgan fingerprint density at radius 2 is 1.94 bits per heavy atom. The summed E-state index contributed by atoms with van der Waals surface area (Å²) in [6, 6.07) is 1.94. The molecule has 1 aliphatic carbocycles. The predicted molar refractivity (Wildman–Crippen MR) is 79.7 cm³/mol. The highest BCUT2D eigenvalue weighted by molar-refractivity contribution is 9.10. The van der Waals surface area contributed by atoms with Gasteiger partial charge in [0.25, 0.3) is 0 Å². The summed E-state index contributed by atoms with van der Waals surface area (Å²) in [5.41, 5.74) is 2.21. The molecule has 0 spiro atoms. The van der Waals surface area contributed by atoms with Crippen LogP contribution in [0.15, 0.2) is 10.5 Å². The number of hydrogen-bond acceptors (Lipinski definition) is 3. The Balaban J connectivity index is 2.10. The zero-order chi connectivity index (χ0) is 12.7. The molecule has 0 bridgehead atoms.